The topological polar surface area (TPSA) is 55.1 Å². The van der Waals surface area contributed by atoms with Crippen LogP contribution in [0, 0.1) is 11.7 Å². The summed E-state index contributed by atoms with van der Waals surface area (Å²) in [5.74, 6) is -0.360. The van der Waals surface area contributed by atoms with E-state index in [4.69, 9.17) is 5.73 Å². The van der Waals surface area contributed by atoms with Crippen LogP contribution in [0.1, 0.15) is 19.4 Å². The van der Waals surface area contributed by atoms with Crippen molar-refractivity contribution in [2.24, 2.45) is 11.7 Å². The molecule has 0 radical (unpaired) electrons. The number of hydrogen-bond acceptors (Lipinski definition) is 2. The SMILES string of the molecule is CC(C)[C@@H](N)C(=O)NCc1ccc(F)cc1.Cl. The molecular weight excluding hydrogens is 243 g/mol. The summed E-state index contributed by atoms with van der Waals surface area (Å²) in [5, 5.41) is 2.71. The highest BCUT2D eigenvalue weighted by Crippen LogP contribution is 2.03. The lowest BCUT2D eigenvalue weighted by atomic mass is 10.0. The standard InChI is InChI=1S/C12H17FN2O.ClH/c1-8(2)11(14)12(16)15-7-9-3-5-10(13)6-4-9;/h3-6,8,11H,7,14H2,1-2H3,(H,15,16);1H/t11-;/m1./s1. The van der Waals surface area contributed by atoms with Crippen LogP contribution in [0.5, 0.6) is 0 Å². The third kappa shape index (κ3) is 5.15. The molecular formula is C12H18ClFN2O. The molecule has 3 N–H and O–H groups in total. The fraction of sp³-hybridized carbons (Fsp3) is 0.417. The van der Waals surface area contributed by atoms with Gasteiger partial charge in [-0.2, -0.15) is 0 Å². The van der Waals surface area contributed by atoms with Gasteiger partial charge in [0, 0.05) is 6.54 Å². The Balaban J connectivity index is 0.00000256. The smallest absolute Gasteiger partial charge is 0.237 e. The predicted molar refractivity (Wildman–Crippen MR) is 68.3 cm³/mol. The molecule has 0 aliphatic heterocycles. The minimum Gasteiger partial charge on any atom is -0.351 e. The maximum atomic E-state index is 12.6. The lowest BCUT2D eigenvalue weighted by molar-refractivity contribution is -0.123. The van der Waals surface area contributed by atoms with Gasteiger partial charge in [0.1, 0.15) is 5.82 Å². The van der Waals surface area contributed by atoms with Gasteiger partial charge in [-0.25, -0.2) is 4.39 Å². The van der Waals surface area contributed by atoms with Crippen LogP contribution in [0.3, 0.4) is 0 Å². The fourth-order valence-electron chi connectivity index (χ4n) is 1.21. The maximum Gasteiger partial charge on any atom is 0.237 e. The molecule has 0 bridgehead atoms. The Kier molecular flexibility index (Phi) is 6.76. The van der Waals surface area contributed by atoms with Gasteiger partial charge in [0.05, 0.1) is 6.04 Å². The number of nitrogens with one attached hydrogen (secondary N) is 1. The van der Waals surface area contributed by atoms with E-state index in [0.29, 0.717) is 6.54 Å². The van der Waals surface area contributed by atoms with E-state index in [-0.39, 0.29) is 30.0 Å². The van der Waals surface area contributed by atoms with Gasteiger partial charge in [-0.3, -0.25) is 4.79 Å². The minimum absolute atomic E-state index is 0. The molecule has 0 spiro atoms. The molecule has 1 aromatic rings. The Hall–Kier alpha value is -1.13. The van der Waals surface area contributed by atoms with Gasteiger partial charge in [-0.05, 0) is 23.6 Å². The highest BCUT2D eigenvalue weighted by atomic mass is 35.5. The normalized spacial score (nSPS) is 11.8. The monoisotopic (exact) mass is 260 g/mol. The molecule has 1 amide bonds. The van der Waals surface area contributed by atoms with Gasteiger partial charge in [0.15, 0.2) is 0 Å². The van der Waals surface area contributed by atoms with Gasteiger partial charge in [-0.1, -0.05) is 26.0 Å². The van der Waals surface area contributed by atoms with E-state index in [9.17, 15) is 9.18 Å². The Morgan fingerprint density at radius 2 is 1.88 bits per heavy atom. The fourth-order valence-corrected chi connectivity index (χ4v) is 1.21. The van der Waals surface area contributed by atoms with Crippen LogP contribution >= 0.6 is 12.4 Å². The number of hydrogen-bond donors (Lipinski definition) is 2. The second-order valence-electron chi connectivity index (χ2n) is 4.11. The summed E-state index contributed by atoms with van der Waals surface area (Å²) in [7, 11) is 0. The summed E-state index contributed by atoms with van der Waals surface area (Å²) >= 11 is 0. The third-order valence-corrected chi connectivity index (χ3v) is 2.40. The number of nitrogens with two attached hydrogens (primary N) is 1. The van der Waals surface area contributed by atoms with Crippen molar-refractivity contribution >= 4 is 18.3 Å². The molecule has 0 unspecified atom stereocenters. The summed E-state index contributed by atoms with van der Waals surface area (Å²) in [6.07, 6.45) is 0. The average Bonchev–Trinajstić information content (AvgIpc) is 2.26. The van der Waals surface area contributed by atoms with Gasteiger partial charge in [0.25, 0.3) is 0 Å². The van der Waals surface area contributed by atoms with Gasteiger partial charge < -0.3 is 11.1 Å². The van der Waals surface area contributed by atoms with Crippen molar-refractivity contribution < 1.29 is 9.18 Å². The number of carbonyl (C=O) groups is 1. The molecule has 0 aliphatic rings. The number of rotatable bonds is 4. The van der Waals surface area contributed by atoms with E-state index < -0.39 is 6.04 Å². The molecule has 1 aromatic carbocycles. The molecule has 5 heteroatoms. The molecule has 0 aliphatic carbocycles. The maximum absolute atomic E-state index is 12.6. The van der Waals surface area contributed by atoms with Crippen LogP contribution in [-0.4, -0.2) is 11.9 Å². The predicted octanol–water partition coefficient (Wildman–Crippen LogP) is 1.85. The molecule has 0 saturated carbocycles. The van der Waals surface area contributed by atoms with Crippen molar-refractivity contribution in [1.82, 2.24) is 5.32 Å². The highest BCUT2D eigenvalue weighted by molar-refractivity contribution is 5.85. The molecule has 17 heavy (non-hydrogen) atoms. The van der Waals surface area contributed by atoms with Crippen molar-refractivity contribution in [3.05, 3.63) is 35.6 Å². The first-order valence-corrected chi connectivity index (χ1v) is 5.28. The van der Waals surface area contributed by atoms with Crippen molar-refractivity contribution in [2.75, 3.05) is 0 Å². The van der Waals surface area contributed by atoms with Gasteiger partial charge in [-0.15, -0.1) is 12.4 Å². The Labute approximate surface area is 107 Å². The van der Waals surface area contributed by atoms with Gasteiger partial charge in [0.2, 0.25) is 5.91 Å². The van der Waals surface area contributed by atoms with Crippen LogP contribution in [0.4, 0.5) is 4.39 Å². The molecule has 0 fully saturated rings. The van der Waals surface area contributed by atoms with E-state index in [1.54, 1.807) is 12.1 Å². The van der Waals surface area contributed by atoms with E-state index in [1.807, 2.05) is 13.8 Å². The van der Waals surface area contributed by atoms with Crippen molar-refractivity contribution in [3.8, 4) is 0 Å². The molecule has 96 valence electrons. The zero-order valence-corrected chi connectivity index (χ0v) is 10.8. The van der Waals surface area contributed by atoms with Crippen molar-refractivity contribution in [1.29, 1.82) is 0 Å². The number of halogens is 2. The van der Waals surface area contributed by atoms with Crippen LogP contribution in [0.2, 0.25) is 0 Å². The van der Waals surface area contributed by atoms with E-state index in [1.165, 1.54) is 12.1 Å². The lowest BCUT2D eigenvalue weighted by Crippen LogP contribution is -2.43. The van der Waals surface area contributed by atoms with Crippen molar-refractivity contribution in [3.63, 3.8) is 0 Å². The summed E-state index contributed by atoms with van der Waals surface area (Å²) in [6, 6.07) is 5.50. The molecule has 0 aromatic heterocycles. The summed E-state index contributed by atoms with van der Waals surface area (Å²) in [5.41, 5.74) is 6.53. The second kappa shape index (κ2) is 7.25. The first-order valence-electron chi connectivity index (χ1n) is 5.28. The number of benzene rings is 1. The van der Waals surface area contributed by atoms with E-state index in [2.05, 4.69) is 5.32 Å². The highest BCUT2D eigenvalue weighted by Gasteiger charge is 2.16. The van der Waals surface area contributed by atoms with Crippen LogP contribution in [0.25, 0.3) is 0 Å². The quantitative estimate of drug-likeness (QED) is 0.868. The first-order chi connectivity index (χ1) is 7.50. The number of amides is 1. The van der Waals surface area contributed by atoms with Crippen LogP contribution in [0.15, 0.2) is 24.3 Å². The van der Waals surface area contributed by atoms with Crippen LogP contribution in [-0.2, 0) is 11.3 Å². The molecule has 0 heterocycles. The Bertz CT molecular complexity index is 354. The molecule has 1 atom stereocenters. The minimum atomic E-state index is -0.500. The third-order valence-electron chi connectivity index (χ3n) is 2.40. The zero-order chi connectivity index (χ0) is 12.1. The van der Waals surface area contributed by atoms with Crippen molar-refractivity contribution in [2.45, 2.75) is 26.4 Å². The lowest BCUT2D eigenvalue weighted by Gasteiger charge is -2.15. The first kappa shape index (κ1) is 15.9. The molecule has 1 rings (SSSR count). The summed E-state index contributed by atoms with van der Waals surface area (Å²) < 4.78 is 12.6. The Morgan fingerprint density at radius 3 is 2.35 bits per heavy atom. The van der Waals surface area contributed by atoms with Crippen LogP contribution < -0.4 is 11.1 Å². The summed E-state index contributed by atoms with van der Waals surface area (Å²) in [6.45, 7) is 4.16. The Morgan fingerprint density at radius 1 is 1.35 bits per heavy atom. The molecule has 3 nitrogen and oxygen atoms in total. The zero-order valence-electron chi connectivity index (χ0n) is 9.94. The van der Waals surface area contributed by atoms with Gasteiger partial charge >= 0.3 is 0 Å². The average molecular weight is 261 g/mol. The molecule has 0 saturated heterocycles. The largest absolute Gasteiger partial charge is 0.351 e. The van der Waals surface area contributed by atoms with E-state index >= 15 is 0 Å². The summed E-state index contributed by atoms with van der Waals surface area (Å²) in [4.78, 5) is 11.5. The number of carbonyl (C=O) groups excluding carboxylic acids is 1. The van der Waals surface area contributed by atoms with E-state index in [0.717, 1.165) is 5.56 Å². The second-order valence-corrected chi connectivity index (χ2v) is 4.11.